The van der Waals surface area contributed by atoms with E-state index in [0.717, 1.165) is 0 Å². The van der Waals surface area contributed by atoms with Crippen molar-refractivity contribution in [2.45, 2.75) is 13.8 Å². The second-order valence-corrected chi connectivity index (χ2v) is 7.01. The number of hydrogen-bond acceptors (Lipinski definition) is 4. The number of ether oxygens (including phenoxy) is 1. The van der Waals surface area contributed by atoms with Crippen LogP contribution in [0.15, 0.2) is 53.3 Å². The van der Waals surface area contributed by atoms with Crippen LogP contribution in [0, 0.1) is 5.92 Å². The van der Waals surface area contributed by atoms with Gasteiger partial charge in [-0.2, -0.15) is 0 Å². The van der Waals surface area contributed by atoms with E-state index in [4.69, 9.17) is 16.3 Å². The number of hydrogen-bond donors (Lipinski definition) is 1. The van der Waals surface area contributed by atoms with Gasteiger partial charge in [0.2, 0.25) is 0 Å². The summed E-state index contributed by atoms with van der Waals surface area (Å²) in [5.41, 5.74) is 0.103. The van der Waals surface area contributed by atoms with Crippen LogP contribution in [-0.4, -0.2) is 16.4 Å². The highest BCUT2D eigenvalue weighted by Gasteiger charge is 2.26. The Kier molecular flexibility index (Phi) is 5.51. The maximum Gasteiger partial charge on any atom is 0.313 e. The van der Waals surface area contributed by atoms with Crippen molar-refractivity contribution in [3.8, 4) is 5.75 Å². The normalized spacial score (nSPS) is 10.9. The maximum atomic E-state index is 13.0. The summed E-state index contributed by atoms with van der Waals surface area (Å²) in [6, 6.07) is 13.7. The number of benzene rings is 2. The van der Waals surface area contributed by atoms with Gasteiger partial charge in [-0.3, -0.25) is 14.4 Å². The smallest absolute Gasteiger partial charge is 0.313 e. The van der Waals surface area contributed by atoms with Gasteiger partial charge in [0.05, 0.1) is 21.8 Å². The predicted octanol–water partition coefficient (Wildman–Crippen LogP) is 4.01. The lowest BCUT2D eigenvalue weighted by molar-refractivity contribution is -0.137. The van der Waals surface area contributed by atoms with Crippen molar-refractivity contribution in [1.82, 2.24) is 4.57 Å². The first kappa shape index (κ1) is 19.6. The second-order valence-electron chi connectivity index (χ2n) is 6.60. The molecule has 0 saturated carbocycles. The summed E-state index contributed by atoms with van der Waals surface area (Å²) in [6.45, 7) is 3.33. The van der Waals surface area contributed by atoms with Gasteiger partial charge >= 0.3 is 5.97 Å². The van der Waals surface area contributed by atoms with Gasteiger partial charge in [-0.15, -0.1) is 0 Å². The van der Waals surface area contributed by atoms with Crippen molar-refractivity contribution in [3.63, 3.8) is 0 Å². The summed E-state index contributed by atoms with van der Waals surface area (Å²) in [4.78, 5) is 38.2. The van der Waals surface area contributed by atoms with E-state index in [1.807, 2.05) is 0 Å². The predicted molar refractivity (Wildman–Crippen MR) is 109 cm³/mol. The van der Waals surface area contributed by atoms with Crippen LogP contribution in [-0.2, 0) is 11.8 Å². The summed E-state index contributed by atoms with van der Waals surface area (Å²) in [7, 11) is 1.54. The highest BCUT2D eigenvalue weighted by molar-refractivity contribution is 6.36. The molecule has 0 radical (unpaired) electrons. The lowest BCUT2D eigenvalue weighted by Crippen LogP contribution is -2.30. The first-order chi connectivity index (χ1) is 13.3. The standard InChI is InChI=1S/C21H19ClN2O4/c1-12(2)21(27)28-18-16-14(22)10-7-11-15(16)24(3)20(26)17(18)19(25)23-13-8-5-4-6-9-13/h4-12H,1-3H3,(H,23,25). The van der Waals surface area contributed by atoms with E-state index in [9.17, 15) is 14.4 Å². The zero-order valence-corrected chi connectivity index (χ0v) is 16.4. The van der Waals surface area contributed by atoms with Crippen molar-refractivity contribution in [2.75, 3.05) is 5.32 Å². The molecule has 0 unspecified atom stereocenters. The fraction of sp³-hybridized carbons (Fsp3) is 0.190. The molecule has 1 heterocycles. The van der Waals surface area contributed by atoms with Crippen LogP contribution in [0.3, 0.4) is 0 Å². The van der Waals surface area contributed by atoms with Gasteiger partial charge in [0, 0.05) is 12.7 Å². The fourth-order valence-electron chi connectivity index (χ4n) is 2.75. The Bertz CT molecular complexity index is 1120. The number of carbonyl (C=O) groups excluding carboxylic acids is 2. The number of rotatable bonds is 4. The van der Waals surface area contributed by atoms with E-state index in [-0.39, 0.29) is 16.3 Å². The number of aromatic nitrogens is 1. The van der Waals surface area contributed by atoms with Gasteiger partial charge < -0.3 is 14.6 Å². The van der Waals surface area contributed by atoms with Crippen molar-refractivity contribution in [2.24, 2.45) is 13.0 Å². The Morgan fingerprint density at radius 1 is 1.07 bits per heavy atom. The molecule has 7 heteroatoms. The van der Waals surface area contributed by atoms with Crippen LogP contribution >= 0.6 is 11.6 Å². The highest BCUT2D eigenvalue weighted by Crippen LogP contribution is 2.34. The highest BCUT2D eigenvalue weighted by atomic mass is 35.5. The maximum absolute atomic E-state index is 13.0. The zero-order valence-electron chi connectivity index (χ0n) is 15.7. The SMILES string of the molecule is CC(C)C(=O)Oc1c(C(=O)Nc2ccccc2)c(=O)n(C)c2cccc(Cl)c12. The monoisotopic (exact) mass is 398 g/mol. The van der Waals surface area contributed by atoms with E-state index < -0.39 is 23.4 Å². The zero-order chi connectivity index (χ0) is 20.4. The van der Waals surface area contributed by atoms with Gasteiger partial charge in [0.1, 0.15) is 5.56 Å². The van der Waals surface area contributed by atoms with Crippen LogP contribution < -0.4 is 15.6 Å². The Labute approximate surface area is 166 Å². The number of fused-ring (bicyclic) bond motifs is 1. The molecule has 1 N–H and O–H groups in total. The summed E-state index contributed by atoms with van der Waals surface area (Å²) >= 11 is 6.35. The first-order valence-corrected chi connectivity index (χ1v) is 9.08. The van der Waals surface area contributed by atoms with Gasteiger partial charge in [0.25, 0.3) is 11.5 Å². The number of anilines is 1. The molecule has 0 aliphatic carbocycles. The third-order valence-electron chi connectivity index (χ3n) is 4.26. The fourth-order valence-corrected chi connectivity index (χ4v) is 3.01. The average molecular weight is 399 g/mol. The number of carbonyl (C=O) groups is 2. The number of amides is 1. The molecule has 2 aromatic carbocycles. The minimum absolute atomic E-state index is 0.129. The quantitative estimate of drug-likeness (QED) is 0.674. The molecule has 3 aromatic rings. The van der Waals surface area contributed by atoms with E-state index >= 15 is 0 Å². The topological polar surface area (TPSA) is 77.4 Å². The van der Waals surface area contributed by atoms with E-state index in [0.29, 0.717) is 16.6 Å². The summed E-state index contributed by atoms with van der Waals surface area (Å²) < 4.78 is 6.81. The molecule has 28 heavy (non-hydrogen) atoms. The van der Waals surface area contributed by atoms with Crippen LogP contribution in [0.5, 0.6) is 5.75 Å². The molecule has 1 aromatic heterocycles. The molecule has 3 rings (SSSR count). The molecule has 0 aliphatic rings. The summed E-state index contributed by atoms with van der Waals surface area (Å²) in [6.07, 6.45) is 0. The van der Waals surface area contributed by atoms with Crippen LogP contribution in [0.2, 0.25) is 5.02 Å². The molecular formula is C21H19ClN2O4. The molecule has 144 valence electrons. The van der Waals surface area contributed by atoms with E-state index in [2.05, 4.69) is 5.32 Å². The summed E-state index contributed by atoms with van der Waals surface area (Å²) in [5.74, 6) is -1.83. The Hall–Kier alpha value is -3.12. The Morgan fingerprint density at radius 3 is 2.39 bits per heavy atom. The second kappa shape index (κ2) is 7.86. The molecule has 0 bridgehead atoms. The minimum atomic E-state index is -0.680. The number of esters is 1. The third kappa shape index (κ3) is 3.64. The number of halogens is 1. The molecule has 6 nitrogen and oxygen atoms in total. The van der Waals surface area contributed by atoms with Gasteiger partial charge in [-0.1, -0.05) is 49.7 Å². The first-order valence-electron chi connectivity index (χ1n) is 8.70. The average Bonchev–Trinajstić information content (AvgIpc) is 2.66. The lowest BCUT2D eigenvalue weighted by Gasteiger charge is -2.17. The minimum Gasteiger partial charge on any atom is -0.424 e. The molecule has 0 saturated heterocycles. The van der Waals surface area contributed by atoms with Gasteiger partial charge in [-0.25, -0.2) is 0 Å². The van der Waals surface area contributed by atoms with Crippen molar-refractivity contribution in [3.05, 3.63) is 69.5 Å². The molecule has 0 atom stereocenters. The van der Waals surface area contributed by atoms with Gasteiger partial charge in [-0.05, 0) is 24.3 Å². The summed E-state index contributed by atoms with van der Waals surface area (Å²) in [5, 5.41) is 3.27. The number of aryl methyl sites for hydroxylation is 1. The van der Waals surface area contributed by atoms with Crippen molar-refractivity contribution in [1.29, 1.82) is 0 Å². The van der Waals surface area contributed by atoms with E-state index in [1.54, 1.807) is 62.4 Å². The number of nitrogens with one attached hydrogen (secondary N) is 1. The number of pyridine rings is 1. The Balaban J connectivity index is 2.26. The van der Waals surface area contributed by atoms with Crippen molar-refractivity contribution < 1.29 is 14.3 Å². The Morgan fingerprint density at radius 2 is 1.75 bits per heavy atom. The molecule has 0 aliphatic heterocycles. The lowest BCUT2D eigenvalue weighted by atomic mass is 10.1. The molecular weight excluding hydrogens is 380 g/mol. The number of nitrogens with zero attached hydrogens (tertiary/aromatic N) is 1. The molecule has 1 amide bonds. The third-order valence-corrected chi connectivity index (χ3v) is 4.57. The largest absolute Gasteiger partial charge is 0.424 e. The van der Waals surface area contributed by atoms with Crippen LogP contribution in [0.1, 0.15) is 24.2 Å². The van der Waals surface area contributed by atoms with E-state index in [1.165, 1.54) is 11.6 Å². The van der Waals surface area contributed by atoms with Gasteiger partial charge in [0.15, 0.2) is 5.75 Å². The molecule has 0 spiro atoms. The molecule has 0 fully saturated rings. The van der Waals surface area contributed by atoms with Crippen LogP contribution in [0.4, 0.5) is 5.69 Å². The number of para-hydroxylation sites is 1. The van der Waals surface area contributed by atoms with Crippen molar-refractivity contribution >= 4 is 40.1 Å². The van der Waals surface area contributed by atoms with Crippen LogP contribution in [0.25, 0.3) is 10.9 Å².